The van der Waals surface area contributed by atoms with E-state index in [1.54, 1.807) is 50.4 Å². The number of rotatable bonds is 8. The van der Waals surface area contributed by atoms with Gasteiger partial charge in [-0.3, -0.25) is 9.00 Å². The number of carbonyl (C=O) groups excluding carboxylic acids is 2. The van der Waals surface area contributed by atoms with Crippen molar-refractivity contribution in [3.8, 4) is 11.5 Å². The molecule has 0 fully saturated rings. The molecule has 0 saturated heterocycles. The van der Waals surface area contributed by atoms with E-state index >= 15 is 0 Å². The topological polar surface area (TPSA) is 90.9 Å². The first-order valence-corrected chi connectivity index (χ1v) is 10.0. The quantitative estimate of drug-likeness (QED) is 0.679. The molecule has 0 aromatic heterocycles. The largest absolute Gasteiger partial charge is 0.497 e. The van der Waals surface area contributed by atoms with Crippen LogP contribution in [0.15, 0.2) is 47.4 Å². The molecule has 0 spiro atoms. The van der Waals surface area contributed by atoms with Crippen LogP contribution in [0.1, 0.15) is 28.9 Å². The Labute approximate surface area is 166 Å². The van der Waals surface area contributed by atoms with Gasteiger partial charge in [-0.1, -0.05) is 12.1 Å². The summed E-state index contributed by atoms with van der Waals surface area (Å²) in [5.74, 6) is 0.0610. The standard InChI is InChI=1S/C20H23NO6S/c1-13(16-11-14(25-2)9-10-17(16)26-3)21-19(22)12-27-20(23)15-7-5-6-8-18(15)28(4)24/h5-11,13H,12H2,1-4H3,(H,21,22)/t13-,28+/m0/s1. The number of ether oxygens (including phenoxy) is 3. The zero-order valence-corrected chi connectivity index (χ0v) is 17.0. The minimum atomic E-state index is -1.34. The monoisotopic (exact) mass is 405 g/mol. The van der Waals surface area contributed by atoms with E-state index in [9.17, 15) is 13.8 Å². The third kappa shape index (κ3) is 5.32. The van der Waals surface area contributed by atoms with Crippen LogP contribution in [0.2, 0.25) is 0 Å². The lowest BCUT2D eigenvalue weighted by Gasteiger charge is -2.18. The van der Waals surface area contributed by atoms with Crippen molar-refractivity contribution in [3.63, 3.8) is 0 Å². The maximum atomic E-state index is 12.2. The minimum Gasteiger partial charge on any atom is -0.497 e. The highest BCUT2D eigenvalue weighted by Crippen LogP contribution is 2.29. The van der Waals surface area contributed by atoms with E-state index in [0.717, 1.165) is 5.56 Å². The maximum Gasteiger partial charge on any atom is 0.339 e. The number of hydrogen-bond donors (Lipinski definition) is 1. The number of nitrogens with one attached hydrogen (secondary N) is 1. The molecule has 2 aromatic carbocycles. The second-order valence-corrected chi connectivity index (χ2v) is 7.27. The minimum absolute atomic E-state index is 0.179. The highest BCUT2D eigenvalue weighted by molar-refractivity contribution is 7.84. The lowest BCUT2D eigenvalue weighted by molar-refractivity contribution is -0.124. The third-order valence-electron chi connectivity index (χ3n) is 4.03. The van der Waals surface area contributed by atoms with E-state index in [2.05, 4.69) is 5.32 Å². The maximum absolute atomic E-state index is 12.2. The first-order chi connectivity index (χ1) is 13.4. The first kappa shape index (κ1) is 21.4. The van der Waals surface area contributed by atoms with E-state index in [1.165, 1.54) is 19.4 Å². The van der Waals surface area contributed by atoms with Gasteiger partial charge < -0.3 is 19.5 Å². The van der Waals surface area contributed by atoms with Crippen molar-refractivity contribution >= 4 is 22.7 Å². The van der Waals surface area contributed by atoms with Gasteiger partial charge in [-0.2, -0.15) is 0 Å². The Morgan fingerprint density at radius 3 is 2.46 bits per heavy atom. The Kier molecular flexibility index (Phi) is 7.57. The van der Waals surface area contributed by atoms with Crippen molar-refractivity contribution in [1.82, 2.24) is 5.32 Å². The molecule has 2 atom stereocenters. The van der Waals surface area contributed by atoms with Crippen LogP contribution in [0.3, 0.4) is 0 Å². The van der Waals surface area contributed by atoms with Gasteiger partial charge in [0.05, 0.1) is 41.5 Å². The average Bonchev–Trinajstić information content (AvgIpc) is 2.71. The normalized spacial score (nSPS) is 12.6. The second-order valence-electron chi connectivity index (χ2n) is 5.92. The van der Waals surface area contributed by atoms with Gasteiger partial charge in [0.15, 0.2) is 6.61 Å². The number of carbonyl (C=O) groups is 2. The first-order valence-electron chi connectivity index (χ1n) is 8.48. The molecule has 0 aliphatic carbocycles. The van der Waals surface area contributed by atoms with Gasteiger partial charge in [-0.15, -0.1) is 0 Å². The fraction of sp³-hybridized carbons (Fsp3) is 0.300. The van der Waals surface area contributed by atoms with E-state index in [4.69, 9.17) is 14.2 Å². The van der Waals surface area contributed by atoms with Gasteiger partial charge in [-0.25, -0.2) is 4.79 Å². The van der Waals surface area contributed by atoms with Gasteiger partial charge in [0, 0.05) is 11.8 Å². The average molecular weight is 405 g/mol. The van der Waals surface area contributed by atoms with Crippen LogP contribution >= 0.6 is 0 Å². The highest BCUT2D eigenvalue weighted by Gasteiger charge is 2.18. The van der Waals surface area contributed by atoms with Crippen molar-refractivity contribution in [2.45, 2.75) is 17.9 Å². The number of hydrogen-bond acceptors (Lipinski definition) is 6. The van der Waals surface area contributed by atoms with Gasteiger partial charge in [0.1, 0.15) is 11.5 Å². The summed E-state index contributed by atoms with van der Waals surface area (Å²) in [6.45, 7) is 1.33. The second kappa shape index (κ2) is 9.89. The van der Waals surface area contributed by atoms with Crippen LogP contribution < -0.4 is 14.8 Å². The van der Waals surface area contributed by atoms with Crippen LogP contribution in [-0.4, -0.2) is 43.2 Å². The molecular formula is C20H23NO6S. The molecule has 7 nitrogen and oxygen atoms in total. The number of methoxy groups -OCH3 is 2. The molecular weight excluding hydrogens is 382 g/mol. The summed E-state index contributed by atoms with van der Waals surface area (Å²) in [7, 11) is 1.75. The highest BCUT2D eigenvalue weighted by atomic mass is 32.2. The van der Waals surface area contributed by atoms with Crippen molar-refractivity contribution < 1.29 is 28.0 Å². The third-order valence-corrected chi connectivity index (χ3v) is 5.01. The molecule has 0 unspecified atom stereocenters. The molecule has 1 N–H and O–H groups in total. The molecule has 0 aliphatic rings. The Morgan fingerprint density at radius 1 is 1.11 bits per heavy atom. The van der Waals surface area contributed by atoms with Crippen LogP contribution in [-0.2, 0) is 20.3 Å². The van der Waals surface area contributed by atoms with Gasteiger partial charge in [0.2, 0.25) is 0 Å². The summed E-state index contributed by atoms with van der Waals surface area (Å²) in [5.41, 5.74) is 0.909. The van der Waals surface area contributed by atoms with Crippen LogP contribution in [0.25, 0.3) is 0 Å². The predicted octanol–water partition coefficient (Wildman–Crippen LogP) is 2.48. The Hall–Kier alpha value is -2.87. The van der Waals surface area contributed by atoms with Gasteiger partial charge in [0.25, 0.3) is 5.91 Å². The molecule has 150 valence electrons. The predicted molar refractivity (Wildman–Crippen MR) is 105 cm³/mol. The van der Waals surface area contributed by atoms with E-state index < -0.39 is 35.3 Å². The molecule has 1 amide bonds. The van der Waals surface area contributed by atoms with Crippen molar-refractivity contribution in [1.29, 1.82) is 0 Å². The Bertz CT molecular complexity index is 883. The molecule has 8 heteroatoms. The van der Waals surface area contributed by atoms with E-state index in [0.29, 0.717) is 16.4 Å². The van der Waals surface area contributed by atoms with Gasteiger partial charge >= 0.3 is 5.97 Å². The number of amides is 1. The smallest absolute Gasteiger partial charge is 0.339 e. The molecule has 0 saturated carbocycles. The van der Waals surface area contributed by atoms with Crippen molar-refractivity contribution in [3.05, 3.63) is 53.6 Å². The molecule has 28 heavy (non-hydrogen) atoms. The molecule has 2 rings (SSSR count). The van der Waals surface area contributed by atoms with E-state index in [-0.39, 0.29) is 5.56 Å². The van der Waals surface area contributed by atoms with Crippen molar-refractivity contribution in [2.75, 3.05) is 27.1 Å². The summed E-state index contributed by atoms with van der Waals surface area (Å²) >= 11 is 0. The lowest BCUT2D eigenvalue weighted by atomic mass is 10.1. The zero-order valence-electron chi connectivity index (χ0n) is 16.2. The number of benzene rings is 2. The van der Waals surface area contributed by atoms with Crippen molar-refractivity contribution in [2.24, 2.45) is 0 Å². The zero-order chi connectivity index (χ0) is 20.7. The fourth-order valence-corrected chi connectivity index (χ4v) is 3.36. The summed E-state index contributed by atoms with van der Waals surface area (Å²) in [6.07, 6.45) is 1.47. The number of esters is 1. The molecule has 0 aliphatic heterocycles. The summed E-state index contributed by atoms with van der Waals surface area (Å²) in [4.78, 5) is 24.8. The van der Waals surface area contributed by atoms with Crippen LogP contribution in [0.5, 0.6) is 11.5 Å². The van der Waals surface area contributed by atoms with Crippen LogP contribution in [0, 0.1) is 0 Å². The SMILES string of the molecule is COc1ccc(OC)c([C@H](C)NC(=O)COC(=O)c2ccccc2[S@@](C)=O)c1. The fourth-order valence-electron chi connectivity index (χ4n) is 2.63. The summed E-state index contributed by atoms with van der Waals surface area (Å²) < 4.78 is 27.3. The molecule has 0 radical (unpaired) electrons. The molecule has 2 aromatic rings. The Balaban J connectivity index is 2.01. The molecule has 0 heterocycles. The molecule has 0 bridgehead atoms. The Morgan fingerprint density at radius 2 is 1.82 bits per heavy atom. The van der Waals surface area contributed by atoms with Crippen LogP contribution in [0.4, 0.5) is 0 Å². The van der Waals surface area contributed by atoms with E-state index in [1.807, 2.05) is 0 Å². The van der Waals surface area contributed by atoms with Gasteiger partial charge in [-0.05, 0) is 37.3 Å². The summed E-state index contributed by atoms with van der Waals surface area (Å²) in [5, 5.41) is 2.75. The lowest BCUT2D eigenvalue weighted by Crippen LogP contribution is -2.31. The summed E-state index contributed by atoms with van der Waals surface area (Å²) in [6, 6.07) is 11.3.